The number of hydrazine groups is 1. The van der Waals surface area contributed by atoms with E-state index in [1.807, 2.05) is 10.6 Å². The number of nitrogens with one attached hydrogen (secondary N) is 1. The van der Waals surface area contributed by atoms with Crippen molar-refractivity contribution in [3.8, 4) is 0 Å². The molecule has 3 rings (SSSR count). The van der Waals surface area contributed by atoms with Crippen LogP contribution in [0, 0.1) is 0 Å². The summed E-state index contributed by atoms with van der Waals surface area (Å²) in [6.45, 7) is 2.09. The summed E-state index contributed by atoms with van der Waals surface area (Å²) in [4.78, 5) is 4.62. The minimum atomic E-state index is 0.589. The number of rotatable bonds is 3. The van der Waals surface area contributed by atoms with Gasteiger partial charge in [-0.15, -0.1) is 0 Å². The van der Waals surface area contributed by atoms with Crippen molar-refractivity contribution in [3.63, 3.8) is 0 Å². The molecule has 2 aromatic heterocycles. The Morgan fingerprint density at radius 1 is 1.32 bits per heavy atom. The summed E-state index contributed by atoms with van der Waals surface area (Å²) in [5, 5.41) is 4.69. The molecule has 5 heteroatoms. The van der Waals surface area contributed by atoms with Crippen LogP contribution in [0.25, 0.3) is 5.65 Å². The first-order valence-corrected chi connectivity index (χ1v) is 7.18. The van der Waals surface area contributed by atoms with Crippen LogP contribution >= 0.6 is 0 Å². The van der Waals surface area contributed by atoms with E-state index < -0.39 is 0 Å². The molecule has 1 fully saturated rings. The fraction of sp³-hybridized carbons (Fsp3) is 0.571. The van der Waals surface area contributed by atoms with E-state index in [0.29, 0.717) is 5.92 Å². The molecule has 0 aromatic carbocycles. The maximum absolute atomic E-state index is 5.59. The third-order valence-electron chi connectivity index (χ3n) is 4.03. The van der Waals surface area contributed by atoms with Crippen LogP contribution in [0.5, 0.6) is 0 Å². The van der Waals surface area contributed by atoms with Crippen LogP contribution < -0.4 is 11.3 Å². The van der Waals surface area contributed by atoms with Gasteiger partial charge in [-0.2, -0.15) is 9.61 Å². The van der Waals surface area contributed by atoms with Crippen molar-refractivity contribution in [2.24, 2.45) is 5.84 Å². The molecule has 1 aliphatic carbocycles. The molecule has 1 aliphatic rings. The SMILES string of the molecule is CCc1cc(NN)n2nc(C3CCCCC3)cc2n1. The predicted octanol–water partition coefficient (Wildman–Crippen LogP) is 2.63. The quantitative estimate of drug-likeness (QED) is 0.656. The first-order valence-electron chi connectivity index (χ1n) is 7.18. The molecule has 1 saturated carbocycles. The topological polar surface area (TPSA) is 68.2 Å². The number of anilines is 1. The Morgan fingerprint density at radius 3 is 2.79 bits per heavy atom. The summed E-state index contributed by atoms with van der Waals surface area (Å²) in [5.41, 5.74) is 5.82. The van der Waals surface area contributed by atoms with Gasteiger partial charge in [-0.3, -0.25) is 0 Å². The van der Waals surface area contributed by atoms with E-state index in [4.69, 9.17) is 10.9 Å². The number of nitrogen functional groups attached to an aromatic ring is 1. The Morgan fingerprint density at radius 2 is 2.11 bits per heavy atom. The highest BCUT2D eigenvalue weighted by atomic mass is 15.4. The number of nitrogens with zero attached hydrogens (tertiary/aromatic N) is 3. The molecule has 0 amide bonds. The molecule has 0 atom stereocenters. The minimum Gasteiger partial charge on any atom is -0.308 e. The second-order valence-corrected chi connectivity index (χ2v) is 5.30. The molecule has 0 aliphatic heterocycles. The predicted molar refractivity (Wildman–Crippen MR) is 76.0 cm³/mol. The Labute approximate surface area is 113 Å². The van der Waals surface area contributed by atoms with Gasteiger partial charge in [-0.1, -0.05) is 26.2 Å². The van der Waals surface area contributed by atoms with Gasteiger partial charge in [-0.25, -0.2) is 10.8 Å². The molecule has 19 heavy (non-hydrogen) atoms. The highest BCUT2D eigenvalue weighted by Gasteiger charge is 2.19. The molecule has 0 bridgehead atoms. The molecule has 102 valence electrons. The molecule has 2 heterocycles. The van der Waals surface area contributed by atoms with Crippen LogP contribution in [0.15, 0.2) is 12.1 Å². The third kappa shape index (κ3) is 2.30. The normalized spacial score (nSPS) is 16.9. The maximum Gasteiger partial charge on any atom is 0.157 e. The van der Waals surface area contributed by atoms with E-state index >= 15 is 0 Å². The summed E-state index contributed by atoms with van der Waals surface area (Å²) in [7, 11) is 0. The number of aryl methyl sites for hydroxylation is 1. The van der Waals surface area contributed by atoms with E-state index in [1.165, 1.54) is 32.1 Å². The van der Waals surface area contributed by atoms with Crippen LogP contribution in [-0.4, -0.2) is 14.6 Å². The zero-order chi connectivity index (χ0) is 13.2. The van der Waals surface area contributed by atoms with Gasteiger partial charge in [0, 0.05) is 23.7 Å². The highest BCUT2D eigenvalue weighted by molar-refractivity contribution is 5.50. The molecule has 0 saturated heterocycles. The summed E-state index contributed by atoms with van der Waals surface area (Å²) in [6.07, 6.45) is 7.38. The molecule has 3 N–H and O–H groups in total. The van der Waals surface area contributed by atoms with Gasteiger partial charge in [0.1, 0.15) is 5.82 Å². The number of nitrogens with two attached hydrogens (primary N) is 1. The van der Waals surface area contributed by atoms with Crippen LogP contribution in [0.2, 0.25) is 0 Å². The number of fused-ring (bicyclic) bond motifs is 1. The second kappa shape index (κ2) is 5.17. The number of hydrogen-bond acceptors (Lipinski definition) is 4. The third-order valence-corrected chi connectivity index (χ3v) is 4.03. The van der Waals surface area contributed by atoms with Gasteiger partial charge in [0.05, 0.1) is 5.69 Å². The molecular formula is C14H21N5. The summed E-state index contributed by atoms with van der Waals surface area (Å²) < 4.78 is 1.82. The van der Waals surface area contributed by atoms with Crippen molar-refractivity contribution < 1.29 is 0 Å². The lowest BCUT2D eigenvalue weighted by molar-refractivity contribution is 0.435. The van der Waals surface area contributed by atoms with E-state index in [9.17, 15) is 0 Å². The number of aromatic nitrogens is 3. The Bertz CT molecular complexity index is 568. The average molecular weight is 259 g/mol. The highest BCUT2D eigenvalue weighted by Crippen LogP contribution is 2.32. The lowest BCUT2D eigenvalue weighted by Gasteiger charge is -2.19. The van der Waals surface area contributed by atoms with E-state index in [0.717, 1.165) is 29.3 Å². The lowest BCUT2D eigenvalue weighted by atomic mass is 9.87. The first-order chi connectivity index (χ1) is 9.31. The fourth-order valence-electron chi connectivity index (χ4n) is 2.93. The van der Waals surface area contributed by atoms with Crippen molar-refractivity contribution in [2.45, 2.75) is 51.4 Å². The zero-order valence-electron chi connectivity index (χ0n) is 11.4. The molecular weight excluding hydrogens is 238 g/mol. The van der Waals surface area contributed by atoms with Crippen LogP contribution in [-0.2, 0) is 6.42 Å². The van der Waals surface area contributed by atoms with Crippen LogP contribution in [0.4, 0.5) is 5.82 Å². The standard InChI is InChI=1S/C14H21N5/c1-2-11-8-14(17-15)19-13(16-11)9-12(18-19)10-6-4-3-5-7-10/h8-10,17H,2-7,15H2,1H3. The molecule has 5 nitrogen and oxygen atoms in total. The smallest absolute Gasteiger partial charge is 0.157 e. The number of hydrogen-bond donors (Lipinski definition) is 2. The molecule has 0 radical (unpaired) electrons. The summed E-state index contributed by atoms with van der Waals surface area (Å²) in [6, 6.07) is 4.08. The van der Waals surface area contributed by atoms with Gasteiger partial charge in [0.2, 0.25) is 0 Å². The Hall–Kier alpha value is -1.62. The monoisotopic (exact) mass is 259 g/mol. The first kappa shape index (κ1) is 12.4. The molecule has 0 spiro atoms. The van der Waals surface area contributed by atoms with Gasteiger partial charge in [0.25, 0.3) is 0 Å². The van der Waals surface area contributed by atoms with E-state index in [2.05, 4.69) is 23.4 Å². The Kier molecular flexibility index (Phi) is 3.38. The van der Waals surface area contributed by atoms with Crippen molar-refractivity contribution in [1.29, 1.82) is 0 Å². The van der Waals surface area contributed by atoms with Crippen molar-refractivity contribution in [1.82, 2.24) is 14.6 Å². The average Bonchev–Trinajstić information content (AvgIpc) is 2.91. The summed E-state index contributed by atoms with van der Waals surface area (Å²) >= 11 is 0. The maximum atomic E-state index is 5.59. The fourth-order valence-corrected chi connectivity index (χ4v) is 2.93. The zero-order valence-corrected chi connectivity index (χ0v) is 11.4. The van der Waals surface area contributed by atoms with E-state index in [-0.39, 0.29) is 0 Å². The van der Waals surface area contributed by atoms with Gasteiger partial charge >= 0.3 is 0 Å². The van der Waals surface area contributed by atoms with Gasteiger partial charge in [-0.05, 0) is 19.3 Å². The Balaban J connectivity index is 2.03. The lowest BCUT2D eigenvalue weighted by Crippen LogP contribution is -2.13. The van der Waals surface area contributed by atoms with Crippen molar-refractivity contribution >= 4 is 11.5 Å². The minimum absolute atomic E-state index is 0.589. The molecule has 2 aromatic rings. The van der Waals surface area contributed by atoms with Crippen LogP contribution in [0.1, 0.15) is 56.3 Å². The summed E-state index contributed by atoms with van der Waals surface area (Å²) in [5.74, 6) is 6.99. The second-order valence-electron chi connectivity index (χ2n) is 5.30. The van der Waals surface area contributed by atoms with Gasteiger partial charge < -0.3 is 5.43 Å². The van der Waals surface area contributed by atoms with Crippen LogP contribution in [0.3, 0.4) is 0 Å². The molecule has 0 unspecified atom stereocenters. The largest absolute Gasteiger partial charge is 0.308 e. The van der Waals surface area contributed by atoms with Crippen molar-refractivity contribution in [3.05, 3.63) is 23.5 Å². The van der Waals surface area contributed by atoms with Crippen molar-refractivity contribution in [2.75, 3.05) is 5.43 Å². The van der Waals surface area contributed by atoms with Gasteiger partial charge in [0.15, 0.2) is 5.65 Å². The van der Waals surface area contributed by atoms with E-state index in [1.54, 1.807) is 0 Å².